The van der Waals surface area contributed by atoms with E-state index < -0.39 is 11.7 Å². The van der Waals surface area contributed by atoms with Gasteiger partial charge in [-0.05, 0) is 11.1 Å². The molecule has 1 fully saturated rings. The van der Waals surface area contributed by atoms with Crippen molar-refractivity contribution in [3.8, 4) is 0 Å². The van der Waals surface area contributed by atoms with Crippen LogP contribution in [0.2, 0.25) is 0 Å². The molecule has 2 aromatic carbocycles. The predicted octanol–water partition coefficient (Wildman–Crippen LogP) is 2.50. The second-order valence-corrected chi connectivity index (χ2v) is 4.49. The highest BCUT2D eigenvalue weighted by atomic mass is 16.7. The summed E-state index contributed by atoms with van der Waals surface area (Å²) in [7, 11) is 1.38. The van der Waals surface area contributed by atoms with Gasteiger partial charge in [-0.3, -0.25) is 0 Å². The summed E-state index contributed by atoms with van der Waals surface area (Å²) in [5, 5.41) is 0. The van der Waals surface area contributed by atoms with Crippen LogP contribution in [0.25, 0.3) is 0 Å². The van der Waals surface area contributed by atoms with Crippen LogP contribution in [0.15, 0.2) is 60.7 Å². The average molecular weight is 254 g/mol. The van der Waals surface area contributed by atoms with E-state index in [-0.39, 0.29) is 5.97 Å². The molecule has 0 aromatic heterocycles. The van der Waals surface area contributed by atoms with Crippen molar-refractivity contribution in [3.05, 3.63) is 71.8 Å². The van der Waals surface area contributed by atoms with E-state index >= 15 is 0 Å². The third-order valence-electron chi connectivity index (χ3n) is 3.44. The summed E-state index contributed by atoms with van der Waals surface area (Å²) in [6.45, 7) is 0. The molecule has 0 spiro atoms. The molecule has 1 unspecified atom stereocenters. The van der Waals surface area contributed by atoms with Gasteiger partial charge >= 0.3 is 5.97 Å². The zero-order valence-electron chi connectivity index (χ0n) is 10.6. The molecule has 0 saturated carbocycles. The van der Waals surface area contributed by atoms with Gasteiger partial charge in [0.15, 0.2) is 11.7 Å². The lowest BCUT2D eigenvalue weighted by Crippen LogP contribution is -2.21. The van der Waals surface area contributed by atoms with E-state index in [0.717, 1.165) is 11.1 Å². The van der Waals surface area contributed by atoms with Crippen molar-refractivity contribution in [2.75, 3.05) is 7.11 Å². The van der Waals surface area contributed by atoms with Gasteiger partial charge in [-0.15, -0.1) is 0 Å². The molecule has 0 N–H and O–H groups in total. The van der Waals surface area contributed by atoms with Crippen LogP contribution in [0, 0.1) is 0 Å². The van der Waals surface area contributed by atoms with Crippen LogP contribution in [0.1, 0.15) is 11.1 Å². The van der Waals surface area contributed by atoms with Crippen LogP contribution < -0.4 is 0 Å². The fourth-order valence-electron chi connectivity index (χ4n) is 2.45. The van der Waals surface area contributed by atoms with Crippen LogP contribution in [0.4, 0.5) is 0 Å². The molecule has 0 radical (unpaired) electrons. The number of esters is 1. The molecule has 1 aliphatic heterocycles. The molecule has 0 bridgehead atoms. The van der Waals surface area contributed by atoms with E-state index in [0.29, 0.717) is 0 Å². The first-order valence-electron chi connectivity index (χ1n) is 6.16. The quantitative estimate of drug-likeness (QED) is 0.624. The van der Waals surface area contributed by atoms with Crippen molar-refractivity contribution < 1.29 is 14.3 Å². The maximum atomic E-state index is 11.8. The molecule has 1 atom stereocenters. The normalized spacial score (nSPS) is 19.7. The Hall–Kier alpha value is -2.13. The third kappa shape index (κ3) is 1.83. The summed E-state index contributed by atoms with van der Waals surface area (Å²) in [6, 6.07) is 19.5. The number of methoxy groups -OCH3 is 1. The van der Waals surface area contributed by atoms with Crippen LogP contribution in [0.5, 0.6) is 0 Å². The highest BCUT2D eigenvalue weighted by Crippen LogP contribution is 2.51. The molecule has 3 rings (SSSR count). The first-order valence-corrected chi connectivity index (χ1v) is 6.16. The molecule has 0 aliphatic carbocycles. The lowest BCUT2D eigenvalue weighted by Gasteiger charge is -2.13. The van der Waals surface area contributed by atoms with Crippen molar-refractivity contribution in [2.24, 2.45) is 0 Å². The van der Waals surface area contributed by atoms with Gasteiger partial charge in [0, 0.05) is 0 Å². The van der Waals surface area contributed by atoms with E-state index in [4.69, 9.17) is 9.47 Å². The molecule has 96 valence electrons. The second-order valence-electron chi connectivity index (χ2n) is 4.49. The molecule has 1 aliphatic rings. The third-order valence-corrected chi connectivity index (χ3v) is 3.44. The van der Waals surface area contributed by atoms with Gasteiger partial charge in [-0.25, -0.2) is 4.79 Å². The number of epoxide rings is 1. The number of benzene rings is 2. The van der Waals surface area contributed by atoms with Crippen LogP contribution in [-0.4, -0.2) is 19.2 Å². The van der Waals surface area contributed by atoms with Crippen molar-refractivity contribution in [3.63, 3.8) is 0 Å². The first-order chi connectivity index (χ1) is 9.29. The molecule has 2 aromatic rings. The van der Waals surface area contributed by atoms with Gasteiger partial charge in [-0.1, -0.05) is 60.7 Å². The molecule has 1 saturated heterocycles. The topological polar surface area (TPSA) is 38.8 Å². The van der Waals surface area contributed by atoms with E-state index in [1.54, 1.807) is 0 Å². The van der Waals surface area contributed by atoms with Crippen molar-refractivity contribution in [1.29, 1.82) is 0 Å². The standard InChI is InChI=1S/C16H14O3/c1-18-15(17)14-16(19-14,12-8-4-2-5-9-12)13-10-6-3-7-11-13/h2-11,14H,1H3. The Morgan fingerprint density at radius 2 is 1.47 bits per heavy atom. The second kappa shape index (κ2) is 4.52. The highest BCUT2D eigenvalue weighted by molar-refractivity contribution is 5.81. The van der Waals surface area contributed by atoms with Crippen molar-refractivity contribution in [2.45, 2.75) is 11.7 Å². The van der Waals surface area contributed by atoms with Crippen molar-refractivity contribution >= 4 is 5.97 Å². The van der Waals surface area contributed by atoms with E-state index in [2.05, 4.69) is 0 Å². The number of ether oxygens (including phenoxy) is 2. The summed E-state index contributed by atoms with van der Waals surface area (Å²) in [5.74, 6) is -0.340. The summed E-state index contributed by atoms with van der Waals surface area (Å²) in [4.78, 5) is 11.8. The zero-order valence-corrected chi connectivity index (χ0v) is 10.6. The summed E-state index contributed by atoms with van der Waals surface area (Å²) < 4.78 is 10.6. The Morgan fingerprint density at radius 1 is 1.00 bits per heavy atom. The summed E-state index contributed by atoms with van der Waals surface area (Å²) in [6.07, 6.45) is -0.567. The minimum Gasteiger partial charge on any atom is -0.467 e. The maximum absolute atomic E-state index is 11.8. The minimum atomic E-state index is -0.699. The van der Waals surface area contributed by atoms with E-state index in [1.807, 2.05) is 60.7 Å². The highest BCUT2D eigenvalue weighted by Gasteiger charge is 2.63. The first kappa shape index (κ1) is 11.9. The minimum absolute atomic E-state index is 0.340. The molecule has 0 amide bonds. The molecular weight excluding hydrogens is 240 g/mol. The van der Waals surface area contributed by atoms with Gasteiger partial charge in [0.25, 0.3) is 0 Å². The van der Waals surface area contributed by atoms with Gasteiger partial charge < -0.3 is 9.47 Å². The van der Waals surface area contributed by atoms with Crippen LogP contribution in [-0.2, 0) is 19.9 Å². The molecule has 3 heteroatoms. The Morgan fingerprint density at radius 3 is 1.89 bits per heavy atom. The van der Waals surface area contributed by atoms with E-state index in [9.17, 15) is 4.79 Å². The maximum Gasteiger partial charge on any atom is 0.338 e. The monoisotopic (exact) mass is 254 g/mol. The van der Waals surface area contributed by atoms with Gasteiger partial charge in [0.1, 0.15) is 0 Å². The molecule has 1 heterocycles. The van der Waals surface area contributed by atoms with Gasteiger partial charge in [-0.2, -0.15) is 0 Å². The molecule has 19 heavy (non-hydrogen) atoms. The Bertz CT molecular complexity index is 538. The number of hydrogen-bond acceptors (Lipinski definition) is 3. The smallest absolute Gasteiger partial charge is 0.338 e. The number of hydrogen-bond donors (Lipinski definition) is 0. The fourth-order valence-corrected chi connectivity index (χ4v) is 2.45. The van der Waals surface area contributed by atoms with Gasteiger partial charge in [0.2, 0.25) is 0 Å². The Labute approximate surface area is 111 Å². The Kier molecular flexibility index (Phi) is 2.84. The number of rotatable bonds is 3. The SMILES string of the molecule is COC(=O)C1OC1(c1ccccc1)c1ccccc1. The molecular formula is C16H14O3. The zero-order chi connectivity index (χ0) is 13.3. The van der Waals surface area contributed by atoms with Crippen LogP contribution >= 0.6 is 0 Å². The number of carbonyl (C=O) groups is 1. The van der Waals surface area contributed by atoms with E-state index in [1.165, 1.54) is 7.11 Å². The Balaban J connectivity index is 2.07. The summed E-state index contributed by atoms with van der Waals surface area (Å²) in [5.41, 5.74) is 1.24. The van der Waals surface area contributed by atoms with Crippen molar-refractivity contribution in [1.82, 2.24) is 0 Å². The molecule has 3 nitrogen and oxygen atoms in total. The largest absolute Gasteiger partial charge is 0.467 e. The fraction of sp³-hybridized carbons (Fsp3) is 0.188. The lowest BCUT2D eigenvalue weighted by atomic mass is 9.88. The summed E-state index contributed by atoms with van der Waals surface area (Å²) >= 11 is 0. The average Bonchev–Trinajstić information content (AvgIpc) is 3.25. The number of carbonyl (C=O) groups excluding carboxylic acids is 1. The predicted molar refractivity (Wildman–Crippen MR) is 70.6 cm³/mol. The lowest BCUT2D eigenvalue weighted by molar-refractivity contribution is -0.142. The van der Waals surface area contributed by atoms with Gasteiger partial charge in [0.05, 0.1) is 7.11 Å². The van der Waals surface area contributed by atoms with Crippen LogP contribution in [0.3, 0.4) is 0 Å².